The maximum atomic E-state index is 13.6. The molecule has 2 aliphatic rings. The van der Waals surface area contributed by atoms with Gasteiger partial charge in [-0.25, -0.2) is 0 Å². The fourth-order valence-electron chi connectivity index (χ4n) is 6.92. The summed E-state index contributed by atoms with van der Waals surface area (Å²) >= 11 is 6.15. The van der Waals surface area contributed by atoms with Crippen LogP contribution >= 0.6 is 11.6 Å². The van der Waals surface area contributed by atoms with Crippen LogP contribution in [0, 0.1) is 0 Å². The number of carbonyl (C=O) groups excluding carboxylic acids is 2. The van der Waals surface area contributed by atoms with Gasteiger partial charge in [-0.15, -0.1) is 0 Å². The third-order valence-corrected chi connectivity index (χ3v) is 9.74. The van der Waals surface area contributed by atoms with E-state index in [-0.39, 0.29) is 28.7 Å². The number of allylic oxidation sites excluding steroid dienone is 1. The van der Waals surface area contributed by atoms with Crippen molar-refractivity contribution in [3.05, 3.63) is 116 Å². The van der Waals surface area contributed by atoms with E-state index < -0.39 is 5.91 Å². The molecule has 0 spiro atoms. The summed E-state index contributed by atoms with van der Waals surface area (Å²) in [6, 6.07) is 20.1. The summed E-state index contributed by atoms with van der Waals surface area (Å²) in [7, 11) is 2.99. The molecule has 9 heteroatoms. The number of carbonyl (C=O) groups is 2. The molecule has 2 amide bonds. The molecule has 1 aliphatic heterocycles. The number of nitrogens with zero attached hydrogens (tertiary/aromatic N) is 1. The molecule has 0 unspecified atom stereocenters. The van der Waals surface area contributed by atoms with Crippen LogP contribution in [0.15, 0.2) is 87.6 Å². The number of fused-ring (bicyclic) bond motifs is 1. The second-order valence-corrected chi connectivity index (χ2v) is 13.1. The van der Waals surface area contributed by atoms with Crippen LogP contribution in [0.4, 0.5) is 0 Å². The van der Waals surface area contributed by atoms with Crippen molar-refractivity contribution in [3.8, 4) is 11.5 Å². The van der Waals surface area contributed by atoms with Gasteiger partial charge in [-0.05, 0) is 85.8 Å². The van der Waals surface area contributed by atoms with Crippen LogP contribution in [0.5, 0.6) is 11.5 Å². The zero-order valence-electron chi connectivity index (χ0n) is 27.4. The monoisotopic (exact) mass is 668 g/mol. The molecule has 1 N–H and O–H groups in total. The zero-order valence-corrected chi connectivity index (χ0v) is 28.2. The molecule has 2 fully saturated rings. The number of likely N-dealkylation sites (tertiary alicyclic amines) is 1. The van der Waals surface area contributed by atoms with Crippen LogP contribution < -0.4 is 20.2 Å². The molecular weight excluding hydrogens is 628 g/mol. The van der Waals surface area contributed by atoms with Crippen molar-refractivity contribution in [3.63, 3.8) is 0 Å². The Morgan fingerprint density at radius 2 is 1.71 bits per heavy atom. The van der Waals surface area contributed by atoms with Gasteiger partial charge in [0.25, 0.3) is 5.91 Å². The first-order chi connectivity index (χ1) is 23.3. The second kappa shape index (κ2) is 15.1. The van der Waals surface area contributed by atoms with Gasteiger partial charge < -0.3 is 24.1 Å². The van der Waals surface area contributed by atoms with Gasteiger partial charge in [0.2, 0.25) is 5.91 Å². The lowest BCUT2D eigenvalue weighted by Crippen LogP contribution is -2.36. The van der Waals surface area contributed by atoms with Crippen LogP contribution in [-0.4, -0.2) is 43.5 Å². The predicted octanol–water partition coefficient (Wildman–Crippen LogP) is 7.60. The minimum Gasteiger partial charge on any atom is -0.493 e. The van der Waals surface area contributed by atoms with E-state index >= 15 is 0 Å². The van der Waals surface area contributed by atoms with Gasteiger partial charge >= 0.3 is 0 Å². The third-order valence-electron chi connectivity index (χ3n) is 9.48. The standard InChI is InChI=1S/C39H41ClN2O6/c1-46-35-21-32-33(43)22-37(48-34(32)23-36(35)47-2)39(45)41-30(20-26-12-16-29(40)17-13-26)19-25-10-14-27(15-11-25)31-8-4-3-7-28(31)24-42-18-6-5-9-38(42)44/h3-4,7-8,12-13,16-17,19,21-23,27,30H,5-6,9-11,14-15,18,20,24H2,1-2H3,(H,41,45)/t27?,30-/m1/s1. The van der Waals surface area contributed by atoms with Crippen LogP contribution in [0.3, 0.4) is 0 Å². The molecule has 2 heterocycles. The topological polar surface area (TPSA) is 98.1 Å². The Hall–Kier alpha value is -4.56. The number of benzene rings is 3. The Labute approximate surface area is 285 Å². The van der Waals surface area contributed by atoms with E-state index in [0.29, 0.717) is 47.2 Å². The first-order valence-electron chi connectivity index (χ1n) is 16.6. The molecule has 48 heavy (non-hydrogen) atoms. The van der Waals surface area contributed by atoms with Gasteiger partial charge in [0, 0.05) is 36.7 Å². The van der Waals surface area contributed by atoms with Crippen molar-refractivity contribution >= 4 is 34.4 Å². The summed E-state index contributed by atoms with van der Waals surface area (Å²) in [4.78, 5) is 41.1. The highest BCUT2D eigenvalue weighted by Crippen LogP contribution is 2.38. The first kappa shape index (κ1) is 33.3. The van der Waals surface area contributed by atoms with Crippen LogP contribution in [0.1, 0.15) is 78.1 Å². The molecule has 0 bridgehead atoms. The Bertz CT molecular complexity index is 1870. The van der Waals surface area contributed by atoms with Crippen molar-refractivity contribution < 1.29 is 23.5 Å². The second-order valence-electron chi connectivity index (χ2n) is 12.7. The van der Waals surface area contributed by atoms with Gasteiger partial charge in [-0.1, -0.05) is 59.6 Å². The smallest absolute Gasteiger partial charge is 0.287 e. The normalized spacial score (nSPS) is 17.2. The van der Waals surface area contributed by atoms with E-state index in [1.54, 1.807) is 12.1 Å². The minimum absolute atomic E-state index is 0.0771. The van der Waals surface area contributed by atoms with E-state index in [1.807, 2.05) is 29.2 Å². The summed E-state index contributed by atoms with van der Waals surface area (Å²) in [6.07, 6.45) is 9.19. The number of hydrogen-bond donors (Lipinski definition) is 1. The molecule has 1 aliphatic carbocycles. The van der Waals surface area contributed by atoms with Crippen LogP contribution in [0.2, 0.25) is 5.02 Å². The van der Waals surface area contributed by atoms with E-state index in [2.05, 4.69) is 35.7 Å². The summed E-state index contributed by atoms with van der Waals surface area (Å²) in [6.45, 7) is 1.51. The Morgan fingerprint density at radius 1 is 0.979 bits per heavy atom. The summed E-state index contributed by atoms with van der Waals surface area (Å²) in [5.74, 6) is 0.904. The Kier molecular flexibility index (Phi) is 10.5. The van der Waals surface area contributed by atoms with E-state index in [1.165, 1.54) is 37.0 Å². The number of piperidine rings is 1. The molecule has 1 atom stereocenters. The molecule has 1 saturated heterocycles. The molecule has 250 valence electrons. The number of halogens is 1. The minimum atomic E-state index is -0.477. The summed E-state index contributed by atoms with van der Waals surface area (Å²) in [5.41, 5.74) is 4.77. The third kappa shape index (κ3) is 7.76. The molecule has 1 saturated carbocycles. The SMILES string of the molecule is COc1cc2oc(C(=O)N[C@H](C=C3CCC(c4ccccc4CN4CCCCC4=O)CC3)Cc3ccc(Cl)cc3)cc(=O)c2cc1OC. The van der Waals surface area contributed by atoms with E-state index in [0.717, 1.165) is 50.6 Å². The van der Waals surface area contributed by atoms with Crippen LogP contribution in [0.25, 0.3) is 11.0 Å². The van der Waals surface area contributed by atoms with E-state index in [4.69, 9.17) is 25.5 Å². The molecule has 4 aromatic rings. The van der Waals surface area contributed by atoms with Gasteiger partial charge in [-0.3, -0.25) is 14.4 Å². The quantitative estimate of drug-likeness (QED) is 0.175. The maximum Gasteiger partial charge on any atom is 0.287 e. The van der Waals surface area contributed by atoms with Crippen molar-refractivity contribution in [2.24, 2.45) is 0 Å². The lowest BCUT2D eigenvalue weighted by Gasteiger charge is -2.31. The molecular formula is C39H41ClN2O6. The van der Waals surface area contributed by atoms with Crippen LogP contribution in [-0.2, 0) is 17.8 Å². The summed E-state index contributed by atoms with van der Waals surface area (Å²) in [5, 5.41) is 4.05. The Morgan fingerprint density at radius 3 is 2.44 bits per heavy atom. The van der Waals surface area contributed by atoms with E-state index in [9.17, 15) is 14.4 Å². The lowest BCUT2D eigenvalue weighted by molar-refractivity contribution is -0.133. The van der Waals surface area contributed by atoms with Crippen molar-refractivity contribution in [1.82, 2.24) is 10.2 Å². The average Bonchev–Trinajstić information content (AvgIpc) is 3.10. The number of ether oxygens (including phenoxy) is 2. The van der Waals surface area contributed by atoms with Crippen molar-refractivity contribution in [2.45, 2.75) is 69.9 Å². The highest BCUT2D eigenvalue weighted by molar-refractivity contribution is 6.30. The van der Waals surface area contributed by atoms with Gasteiger partial charge in [0.05, 0.1) is 25.6 Å². The molecule has 8 nitrogen and oxygen atoms in total. The molecule has 3 aromatic carbocycles. The van der Waals surface area contributed by atoms with Gasteiger partial charge in [0.1, 0.15) is 5.58 Å². The number of rotatable bonds is 10. The Balaban J connectivity index is 1.20. The lowest BCUT2D eigenvalue weighted by atomic mass is 9.79. The molecule has 1 aromatic heterocycles. The van der Waals surface area contributed by atoms with Crippen molar-refractivity contribution in [1.29, 1.82) is 0 Å². The van der Waals surface area contributed by atoms with Gasteiger partial charge in [0.15, 0.2) is 22.7 Å². The highest BCUT2D eigenvalue weighted by atomic mass is 35.5. The van der Waals surface area contributed by atoms with Crippen molar-refractivity contribution in [2.75, 3.05) is 20.8 Å². The molecule has 6 rings (SSSR count). The average molecular weight is 669 g/mol. The number of hydrogen-bond acceptors (Lipinski definition) is 6. The summed E-state index contributed by atoms with van der Waals surface area (Å²) < 4.78 is 16.6. The number of nitrogens with one attached hydrogen (secondary N) is 1. The predicted molar refractivity (Wildman–Crippen MR) is 187 cm³/mol. The maximum absolute atomic E-state index is 13.6. The fourth-order valence-corrected chi connectivity index (χ4v) is 7.05. The first-order valence-corrected chi connectivity index (χ1v) is 17.0. The highest BCUT2D eigenvalue weighted by Gasteiger charge is 2.25. The molecule has 0 radical (unpaired) electrons. The number of amides is 2. The number of methoxy groups -OCH3 is 2. The zero-order chi connectivity index (χ0) is 33.6. The van der Waals surface area contributed by atoms with Gasteiger partial charge in [-0.2, -0.15) is 0 Å². The largest absolute Gasteiger partial charge is 0.493 e. The fraction of sp³-hybridized carbons (Fsp3) is 0.359.